The molecular formula is C19H29NO8. The number of methoxy groups -OCH3 is 1. The molecule has 0 radical (unpaired) electrons. The van der Waals surface area contributed by atoms with Crippen LogP contribution in [0.4, 0.5) is 0 Å². The van der Waals surface area contributed by atoms with Crippen LogP contribution in [0.1, 0.15) is 18.4 Å². The second-order valence-corrected chi connectivity index (χ2v) is 6.62. The minimum Gasteiger partial charge on any atom is -0.497 e. The number of amides is 1. The van der Waals surface area contributed by atoms with Gasteiger partial charge in [0.15, 0.2) is 6.29 Å². The van der Waals surface area contributed by atoms with E-state index in [0.717, 1.165) is 17.7 Å². The van der Waals surface area contributed by atoms with Gasteiger partial charge in [-0.3, -0.25) is 4.79 Å². The molecule has 9 nitrogen and oxygen atoms in total. The van der Waals surface area contributed by atoms with Crippen LogP contribution in [-0.4, -0.2) is 83.9 Å². The van der Waals surface area contributed by atoms with E-state index in [1.165, 1.54) is 0 Å². The zero-order chi connectivity index (χ0) is 20.5. The van der Waals surface area contributed by atoms with Gasteiger partial charge in [0.05, 0.1) is 20.3 Å². The molecule has 1 fully saturated rings. The summed E-state index contributed by atoms with van der Waals surface area (Å²) < 4.78 is 15.6. The molecule has 5 N–H and O–H groups in total. The third kappa shape index (κ3) is 6.40. The van der Waals surface area contributed by atoms with Gasteiger partial charge in [0.1, 0.15) is 30.2 Å². The van der Waals surface area contributed by atoms with Crippen LogP contribution in [0, 0.1) is 0 Å². The molecule has 0 spiro atoms. The highest BCUT2D eigenvalue weighted by atomic mass is 16.7. The van der Waals surface area contributed by atoms with Crippen LogP contribution in [-0.2, 0) is 20.7 Å². The summed E-state index contributed by atoms with van der Waals surface area (Å²) >= 11 is 0. The van der Waals surface area contributed by atoms with Crippen molar-refractivity contribution >= 4 is 5.91 Å². The molecule has 9 heteroatoms. The van der Waals surface area contributed by atoms with E-state index in [0.29, 0.717) is 12.8 Å². The Labute approximate surface area is 163 Å². The Balaban J connectivity index is 1.61. The van der Waals surface area contributed by atoms with Crippen molar-refractivity contribution in [2.75, 3.05) is 26.9 Å². The maximum absolute atomic E-state index is 11.9. The van der Waals surface area contributed by atoms with Gasteiger partial charge in [0, 0.05) is 13.0 Å². The summed E-state index contributed by atoms with van der Waals surface area (Å²) in [5.41, 5.74) is 1.12. The molecule has 5 atom stereocenters. The van der Waals surface area contributed by atoms with E-state index < -0.39 is 37.3 Å². The predicted octanol–water partition coefficient (Wildman–Crippen LogP) is -1.05. The molecule has 1 heterocycles. The van der Waals surface area contributed by atoms with Crippen LogP contribution in [0.2, 0.25) is 0 Å². The molecule has 1 amide bonds. The lowest BCUT2D eigenvalue weighted by Crippen LogP contribution is -2.59. The highest BCUT2D eigenvalue weighted by Gasteiger charge is 2.43. The van der Waals surface area contributed by atoms with E-state index in [9.17, 15) is 20.1 Å². The maximum Gasteiger partial charge on any atom is 0.220 e. The third-order valence-electron chi connectivity index (χ3n) is 4.58. The van der Waals surface area contributed by atoms with Crippen LogP contribution < -0.4 is 10.1 Å². The zero-order valence-corrected chi connectivity index (χ0v) is 15.9. The van der Waals surface area contributed by atoms with Crippen molar-refractivity contribution < 1.29 is 39.4 Å². The lowest BCUT2D eigenvalue weighted by molar-refractivity contribution is -0.300. The van der Waals surface area contributed by atoms with Gasteiger partial charge in [-0.1, -0.05) is 12.1 Å². The molecule has 0 unspecified atom stereocenters. The third-order valence-corrected chi connectivity index (χ3v) is 4.58. The van der Waals surface area contributed by atoms with Gasteiger partial charge in [-0.25, -0.2) is 0 Å². The first kappa shape index (κ1) is 22.5. The Morgan fingerprint density at radius 2 is 1.86 bits per heavy atom. The number of aryl methyl sites for hydroxylation is 1. The van der Waals surface area contributed by atoms with Crippen LogP contribution >= 0.6 is 0 Å². The SMILES string of the molecule is COc1ccc(CCCC(=O)NCCO[C@H]2O[C@H](CO)[C@H](O)[C@H](O)[C@H]2O)cc1. The first-order chi connectivity index (χ1) is 13.5. The van der Waals surface area contributed by atoms with E-state index in [4.69, 9.17) is 19.3 Å². The van der Waals surface area contributed by atoms with Crippen molar-refractivity contribution in [3.05, 3.63) is 29.8 Å². The van der Waals surface area contributed by atoms with E-state index in [1.54, 1.807) is 7.11 Å². The van der Waals surface area contributed by atoms with Crippen molar-refractivity contribution in [3.63, 3.8) is 0 Å². The van der Waals surface area contributed by atoms with Gasteiger partial charge >= 0.3 is 0 Å². The van der Waals surface area contributed by atoms with Gasteiger partial charge in [-0.15, -0.1) is 0 Å². The number of hydrogen-bond donors (Lipinski definition) is 5. The summed E-state index contributed by atoms with van der Waals surface area (Å²) in [7, 11) is 1.61. The summed E-state index contributed by atoms with van der Waals surface area (Å²) in [6.45, 7) is -0.265. The quantitative estimate of drug-likeness (QED) is 0.314. The number of aliphatic hydroxyl groups excluding tert-OH is 4. The molecule has 1 aliphatic heterocycles. The second-order valence-electron chi connectivity index (χ2n) is 6.62. The number of hydrogen-bond acceptors (Lipinski definition) is 8. The monoisotopic (exact) mass is 399 g/mol. The first-order valence-electron chi connectivity index (χ1n) is 9.28. The molecule has 158 valence electrons. The molecule has 0 aliphatic carbocycles. The normalized spacial score (nSPS) is 27.4. The summed E-state index contributed by atoms with van der Waals surface area (Å²) in [5, 5.41) is 41.1. The molecule has 0 aromatic heterocycles. The molecular weight excluding hydrogens is 370 g/mol. The minimum atomic E-state index is -1.48. The van der Waals surface area contributed by atoms with E-state index in [1.807, 2.05) is 24.3 Å². The first-order valence-corrected chi connectivity index (χ1v) is 9.28. The fourth-order valence-corrected chi connectivity index (χ4v) is 2.90. The minimum absolute atomic E-state index is 0.0485. The summed E-state index contributed by atoms with van der Waals surface area (Å²) in [6, 6.07) is 7.69. The van der Waals surface area contributed by atoms with Crippen LogP contribution in [0.5, 0.6) is 5.75 Å². The number of carbonyl (C=O) groups is 1. The topological polar surface area (TPSA) is 138 Å². The van der Waals surface area contributed by atoms with E-state index in [2.05, 4.69) is 5.32 Å². The molecule has 0 bridgehead atoms. The van der Waals surface area contributed by atoms with Crippen molar-refractivity contribution in [3.8, 4) is 5.75 Å². The lowest BCUT2D eigenvalue weighted by atomic mass is 9.99. The maximum atomic E-state index is 11.9. The standard InChI is InChI=1S/C19H29NO8/c1-26-13-7-5-12(6-8-13)3-2-4-15(22)20-9-10-27-19-18(25)17(24)16(23)14(11-21)28-19/h5-8,14,16-19,21,23-25H,2-4,9-11H2,1H3,(H,20,22)/t14-,16+,17+,18-,19+/m1/s1. The average molecular weight is 399 g/mol. The molecule has 1 aliphatic rings. The van der Waals surface area contributed by atoms with Crippen molar-refractivity contribution in [2.24, 2.45) is 0 Å². The fourth-order valence-electron chi connectivity index (χ4n) is 2.90. The predicted molar refractivity (Wildman–Crippen MR) is 98.7 cm³/mol. The van der Waals surface area contributed by atoms with Gasteiger partial charge in [0.2, 0.25) is 5.91 Å². The highest BCUT2D eigenvalue weighted by molar-refractivity contribution is 5.75. The summed E-state index contributed by atoms with van der Waals surface area (Å²) in [5.74, 6) is 0.673. The Morgan fingerprint density at radius 1 is 1.14 bits per heavy atom. The molecule has 0 saturated carbocycles. The average Bonchev–Trinajstić information content (AvgIpc) is 2.71. The molecule has 1 aromatic rings. The smallest absolute Gasteiger partial charge is 0.220 e. The molecule has 1 aromatic carbocycles. The number of ether oxygens (including phenoxy) is 3. The fraction of sp³-hybridized carbons (Fsp3) is 0.632. The van der Waals surface area contributed by atoms with Gasteiger partial charge in [-0.05, 0) is 30.5 Å². The molecule has 1 saturated heterocycles. The van der Waals surface area contributed by atoms with Crippen molar-refractivity contribution in [1.82, 2.24) is 5.32 Å². The second kappa shape index (κ2) is 11.3. The summed E-state index contributed by atoms with van der Waals surface area (Å²) in [4.78, 5) is 11.9. The number of benzene rings is 1. The van der Waals surface area contributed by atoms with Crippen molar-refractivity contribution in [2.45, 2.75) is 50.0 Å². The summed E-state index contributed by atoms with van der Waals surface area (Å²) in [6.07, 6.45) is -4.72. The van der Waals surface area contributed by atoms with Crippen molar-refractivity contribution in [1.29, 1.82) is 0 Å². The zero-order valence-electron chi connectivity index (χ0n) is 15.9. The number of rotatable bonds is 10. The Bertz CT molecular complexity index is 594. The number of carbonyl (C=O) groups excluding carboxylic acids is 1. The Kier molecular flexibility index (Phi) is 9.10. The molecule has 28 heavy (non-hydrogen) atoms. The largest absolute Gasteiger partial charge is 0.497 e. The van der Waals surface area contributed by atoms with Crippen LogP contribution in [0.25, 0.3) is 0 Å². The van der Waals surface area contributed by atoms with Crippen LogP contribution in [0.15, 0.2) is 24.3 Å². The van der Waals surface area contributed by atoms with Crippen LogP contribution in [0.3, 0.4) is 0 Å². The molecule has 2 rings (SSSR count). The van der Waals surface area contributed by atoms with E-state index >= 15 is 0 Å². The lowest BCUT2D eigenvalue weighted by Gasteiger charge is -2.39. The number of aliphatic hydroxyl groups is 4. The Morgan fingerprint density at radius 3 is 2.50 bits per heavy atom. The van der Waals surface area contributed by atoms with Gasteiger partial charge in [0.25, 0.3) is 0 Å². The van der Waals surface area contributed by atoms with Gasteiger partial charge in [-0.2, -0.15) is 0 Å². The number of nitrogens with one attached hydrogen (secondary N) is 1. The highest BCUT2D eigenvalue weighted by Crippen LogP contribution is 2.21. The van der Waals surface area contributed by atoms with E-state index in [-0.39, 0.29) is 19.1 Å². The van der Waals surface area contributed by atoms with Gasteiger partial charge < -0.3 is 40.0 Å². The Hall–Kier alpha value is -1.75.